The van der Waals surface area contributed by atoms with Crippen molar-refractivity contribution in [2.45, 2.75) is 32.7 Å². The minimum atomic E-state index is -0.285. The highest BCUT2D eigenvalue weighted by Gasteiger charge is 2.28. The van der Waals surface area contributed by atoms with Crippen LogP contribution >= 0.6 is 0 Å². The minimum absolute atomic E-state index is 0.0971. The molecule has 4 nitrogen and oxygen atoms in total. The number of carbonyl (C=O) groups is 1. The van der Waals surface area contributed by atoms with E-state index in [1.165, 1.54) is 0 Å². The van der Waals surface area contributed by atoms with Gasteiger partial charge in [-0.05, 0) is 32.7 Å². The first kappa shape index (κ1) is 13.5. The lowest BCUT2D eigenvalue weighted by Gasteiger charge is -2.31. The summed E-state index contributed by atoms with van der Waals surface area (Å²) in [6.07, 6.45) is 0.974. The van der Waals surface area contributed by atoms with Crippen LogP contribution in [0.5, 0.6) is 0 Å². The maximum Gasteiger partial charge on any atom is 0.224 e. The molecule has 1 amide bonds. The second-order valence-corrected chi connectivity index (χ2v) is 5.50. The average molecular weight is 228 g/mol. The molecule has 4 heteroatoms. The van der Waals surface area contributed by atoms with Crippen molar-refractivity contribution in [1.29, 1.82) is 0 Å². The van der Waals surface area contributed by atoms with Gasteiger partial charge in [-0.25, -0.2) is 0 Å². The quantitative estimate of drug-likeness (QED) is 0.747. The van der Waals surface area contributed by atoms with Crippen LogP contribution in [0.25, 0.3) is 0 Å². The number of nitrogens with one attached hydrogen (secondary N) is 2. The van der Waals surface area contributed by atoms with E-state index in [1.807, 2.05) is 13.8 Å². The standard InChI is InChI=1S/C12H24N2O2/c1-9-5-10(7-13-6-9)11(15)14-12(2,3)8-16-4/h9-10,13H,5-8H2,1-4H3,(H,14,15). The van der Waals surface area contributed by atoms with Gasteiger partial charge in [-0.1, -0.05) is 6.92 Å². The predicted molar refractivity (Wildman–Crippen MR) is 64.2 cm³/mol. The molecule has 2 unspecified atom stereocenters. The molecule has 16 heavy (non-hydrogen) atoms. The van der Waals surface area contributed by atoms with Crippen LogP contribution < -0.4 is 10.6 Å². The second-order valence-electron chi connectivity index (χ2n) is 5.50. The fourth-order valence-corrected chi connectivity index (χ4v) is 2.19. The molecule has 1 rings (SSSR count). The fraction of sp³-hybridized carbons (Fsp3) is 0.917. The van der Waals surface area contributed by atoms with Crippen LogP contribution in [0.1, 0.15) is 27.2 Å². The Morgan fingerprint density at radius 1 is 1.50 bits per heavy atom. The largest absolute Gasteiger partial charge is 0.382 e. The third-order valence-electron chi connectivity index (χ3n) is 2.91. The van der Waals surface area contributed by atoms with Gasteiger partial charge in [-0.3, -0.25) is 4.79 Å². The molecule has 0 aromatic rings. The average Bonchev–Trinajstić information content (AvgIpc) is 2.16. The van der Waals surface area contributed by atoms with E-state index in [0.29, 0.717) is 12.5 Å². The van der Waals surface area contributed by atoms with Crippen molar-refractivity contribution in [3.8, 4) is 0 Å². The molecule has 0 spiro atoms. The van der Waals surface area contributed by atoms with Crippen molar-refractivity contribution in [1.82, 2.24) is 10.6 Å². The van der Waals surface area contributed by atoms with Gasteiger partial charge in [0.25, 0.3) is 0 Å². The number of hydrogen-bond acceptors (Lipinski definition) is 3. The fourth-order valence-electron chi connectivity index (χ4n) is 2.19. The Kier molecular flexibility index (Phi) is 4.74. The van der Waals surface area contributed by atoms with Crippen molar-refractivity contribution in [2.75, 3.05) is 26.8 Å². The molecule has 2 N–H and O–H groups in total. The maximum atomic E-state index is 12.0. The van der Waals surface area contributed by atoms with Crippen molar-refractivity contribution < 1.29 is 9.53 Å². The molecule has 1 aliphatic heterocycles. The van der Waals surface area contributed by atoms with Crippen molar-refractivity contribution >= 4 is 5.91 Å². The molecule has 0 aromatic carbocycles. The lowest BCUT2D eigenvalue weighted by molar-refractivity contribution is -0.128. The smallest absolute Gasteiger partial charge is 0.224 e. The highest BCUT2D eigenvalue weighted by atomic mass is 16.5. The normalized spacial score (nSPS) is 26.5. The van der Waals surface area contributed by atoms with E-state index in [2.05, 4.69) is 17.6 Å². The maximum absolute atomic E-state index is 12.0. The molecule has 0 bridgehead atoms. The number of piperidine rings is 1. The summed E-state index contributed by atoms with van der Waals surface area (Å²) in [7, 11) is 1.65. The summed E-state index contributed by atoms with van der Waals surface area (Å²) < 4.78 is 5.09. The zero-order chi connectivity index (χ0) is 12.2. The summed E-state index contributed by atoms with van der Waals surface area (Å²) in [6.45, 7) is 8.48. The highest BCUT2D eigenvalue weighted by Crippen LogP contribution is 2.17. The molecule has 1 saturated heterocycles. The Hall–Kier alpha value is -0.610. The van der Waals surface area contributed by atoms with Crippen LogP contribution in [0.3, 0.4) is 0 Å². The zero-order valence-electron chi connectivity index (χ0n) is 10.8. The third-order valence-corrected chi connectivity index (χ3v) is 2.91. The first-order valence-corrected chi connectivity index (χ1v) is 5.96. The van der Waals surface area contributed by atoms with Gasteiger partial charge in [0.2, 0.25) is 5.91 Å². The van der Waals surface area contributed by atoms with E-state index in [0.717, 1.165) is 19.5 Å². The van der Waals surface area contributed by atoms with Crippen molar-refractivity contribution in [3.63, 3.8) is 0 Å². The lowest BCUT2D eigenvalue weighted by Crippen LogP contribution is -2.52. The Labute approximate surface area is 98.1 Å². The van der Waals surface area contributed by atoms with E-state index < -0.39 is 0 Å². The Morgan fingerprint density at radius 2 is 2.19 bits per heavy atom. The number of rotatable bonds is 4. The monoisotopic (exact) mass is 228 g/mol. The summed E-state index contributed by atoms with van der Waals surface area (Å²) in [4.78, 5) is 12.0. The third kappa shape index (κ3) is 4.10. The molecule has 0 radical (unpaired) electrons. The Morgan fingerprint density at radius 3 is 2.75 bits per heavy atom. The topological polar surface area (TPSA) is 50.4 Å². The molecular formula is C12H24N2O2. The number of amides is 1. The molecule has 94 valence electrons. The number of methoxy groups -OCH3 is 1. The first-order valence-electron chi connectivity index (χ1n) is 5.96. The van der Waals surface area contributed by atoms with Gasteiger partial charge in [0.15, 0.2) is 0 Å². The van der Waals surface area contributed by atoms with E-state index >= 15 is 0 Å². The molecule has 0 saturated carbocycles. The second kappa shape index (κ2) is 5.64. The van der Waals surface area contributed by atoms with Gasteiger partial charge >= 0.3 is 0 Å². The number of hydrogen-bond donors (Lipinski definition) is 2. The van der Waals surface area contributed by atoms with Crippen molar-refractivity contribution in [2.24, 2.45) is 11.8 Å². The Balaban J connectivity index is 2.45. The first-order chi connectivity index (χ1) is 7.44. The number of carbonyl (C=O) groups excluding carboxylic acids is 1. The van der Waals surface area contributed by atoms with E-state index in [-0.39, 0.29) is 17.4 Å². The molecule has 1 aliphatic rings. The summed E-state index contributed by atoms with van der Waals surface area (Å²) in [5, 5.41) is 6.33. The van der Waals surface area contributed by atoms with Gasteiger partial charge < -0.3 is 15.4 Å². The van der Waals surface area contributed by atoms with Crippen LogP contribution in [-0.2, 0) is 9.53 Å². The molecule has 1 heterocycles. The van der Waals surface area contributed by atoms with Crippen LogP contribution in [0.4, 0.5) is 0 Å². The molecule has 2 atom stereocenters. The van der Waals surface area contributed by atoms with Crippen LogP contribution in [0, 0.1) is 11.8 Å². The van der Waals surface area contributed by atoms with Gasteiger partial charge in [0.05, 0.1) is 18.1 Å². The zero-order valence-corrected chi connectivity index (χ0v) is 10.8. The minimum Gasteiger partial charge on any atom is -0.382 e. The van der Waals surface area contributed by atoms with Crippen molar-refractivity contribution in [3.05, 3.63) is 0 Å². The van der Waals surface area contributed by atoms with E-state index in [4.69, 9.17) is 4.74 Å². The summed E-state index contributed by atoms with van der Waals surface area (Å²) >= 11 is 0. The van der Waals surface area contributed by atoms with Gasteiger partial charge in [-0.2, -0.15) is 0 Å². The molecule has 0 aliphatic carbocycles. The SMILES string of the molecule is COCC(C)(C)NC(=O)C1CNCC(C)C1. The summed E-state index contributed by atoms with van der Waals surface area (Å²) in [5.74, 6) is 0.816. The van der Waals surface area contributed by atoms with E-state index in [9.17, 15) is 4.79 Å². The predicted octanol–water partition coefficient (Wildman–Crippen LogP) is 0.773. The van der Waals surface area contributed by atoms with Crippen LogP contribution in [0.15, 0.2) is 0 Å². The highest BCUT2D eigenvalue weighted by molar-refractivity contribution is 5.79. The van der Waals surface area contributed by atoms with Crippen LogP contribution in [-0.4, -0.2) is 38.3 Å². The summed E-state index contributed by atoms with van der Waals surface area (Å²) in [6, 6.07) is 0. The van der Waals surface area contributed by atoms with Crippen LogP contribution in [0.2, 0.25) is 0 Å². The molecule has 1 fully saturated rings. The van der Waals surface area contributed by atoms with Gasteiger partial charge in [-0.15, -0.1) is 0 Å². The summed E-state index contributed by atoms with van der Waals surface area (Å²) in [5.41, 5.74) is -0.285. The molecule has 0 aromatic heterocycles. The molecular weight excluding hydrogens is 204 g/mol. The Bertz CT molecular complexity index is 241. The number of ether oxygens (including phenoxy) is 1. The van der Waals surface area contributed by atoms with Gasteiger partial charge in [0.1, 0.15) is 0 Å². The van der Waals surface area contributed by atoms with E-state index in [1.54, 1.807) is 7.11 Å². The van der Waals surface area contributed by atoms with Gasteiger partial charge in [0, 0.05) is 13.7 Å². The lowest BCUT2D eigenvalue weighted by atomic mass is 9.90.